The van der Waals surface area contributed by atoms with E-state index in [1.165, 1.54) is 24.6 Å². The minimum atomic E-state index is -1.93. The van der Waals surface area contributed by atoms with Gasteiger partial charge in [0.1, 0.15) is 11.5 Å². The number of hydrazone groups is 1. The van der Waals surface area contributed by atoms with E-state index in [9.17, 15) is 14.7 Å². The largest absolute Gasteiger partial charge is 0.465 e. The number of carbonyl (C=O) groups excluding carboxylic acids is 2. The van der Waals surface area contributed by atoms with Crippen LogP contribution in [-0.4, -0.2) is 23.2 Å². The smallest absolute Gasteiger partial charge is 0.336 e. The highest BCUT2D eigenvalue weighted by Crippen LogP contribution is 2.29. The van der Waals surface area contributed by atoms with Crippen molar-refractivity contribution in [2.75, 3.05) is 0 Å². The van der Waals surface area contributed by atoms with Crippen LogP contribution < -0.4 is 10.2 Å². The zero-order valence-electron chi connectivity index (χ0n) is 18.6. The first-order valence-electron chi connectivity index (χ1n) is 10.8. The van der Waals surface area contributed by atoms with Crippen LogP contribution in [0.2, 0.25) is 0 Å². The molecule has 0 aliphatic carbocycles. The van der Waals surface area contributed by atoms with Crippen LogP contribution in [0.1, 0.15) is 22.5 Å². The van der Waals surface area contributed by atoms with Crippen LogP contribution >= 0.6 is 0 Å². The van der Waals surface area contributed by atoms with Crippen molar-refractivity contribution in [2.45, 2.75) is 5.60 Å². The zero-order chi connectivity index (χ0) is 24.5. The number of benzene rings is 3. The summed E-state index contributed by atoms with van der Waals surface area (Å²) in [5.74, 6) is -0.444. The maximum absolute atomic E-state index is 13.1. The third kappa shape index (κ3) is 5.79. The third-order valence-corrected chi connectivity index (χ3v) is 5.09. The van der Waals surface area contributed by atoms with Gasteiger partial charge in [-0.1, -0.05) is 72.8 Å². The highest BCUT2D eigenvalue weighted by atomic mass is 16.5. The number of aliphatic hydroxyl groups is 1. The lowest BCUT2D eigenvalue weighted by molar-refractivity contribution is -0.136. The Morgan fingerprint density at radius 2 is 1.57 bits per heavy atom. The molecular formula is C28H22N2O5. The quantitative estimate of drug-likeness (QED) is 0.133. The molecule has 35 heavy (non-hydrogen) atoms. The number of hydrogen-bond donors (Lipinski definition) is 2. The van der Waals surface area contributed by atoms with Crippen LogP contribution in [0.15, 0.2) is 119 Å². The average Bonchev–Trinajstić information content (AvgIpc) is 3.42. The summed E-state index contributed by atoms with van der Waals surface area (Å²) >= 11 is 0. The van der Waals surface area contributed by atoms with E-state index in [1.54, 1.807) is 97.1 Å². The van der Waals surface area contributed by atoms with Crippen LogP contribution in [0.3, 0.4) is 0 Å². The fraction of sp³-hybridized carbons (Fsp3) is 0.0357. The van der Waals surface area contributed by atoms with Gasteiger partial charge in [-0.15, -0.1) is 0 Å². The number of esters is 1. The first-order chi connectivity index (χ1) is 17.1. The molecule has 1 aromatic heterocycles. The Kier molecular flexibility index (Phi) is 7.30. The standard InChI is InChI=1S/C28H22N2O5/c31-26(17-16-24-15-8-18-34-24)35-25-14-7-9-21(19-25)20-29-30-27(32)28(33,22-10-3-1-4-11-22)23-12-5-2-6-13-23/h1-20,33H,(H,30,32). The number of furan rings is 1. The van der Waals surface area contributed by atoms with Gasteiger partial charge < -0.3 is 14.3 Å². The van der Waals surface area contributed by atoms with E-state index in [0.717, 1.165) is 0 Å². The molecule has 0 radical (unpaired) electrons. The highest BCUT2D eigenvalue weighted by molar-refractivity contribution is 5.91. The van der Waals surface area contributed by atoms with Crippen molar-refractivity contribution in [1.29, 1.82) is 0 Å². The number of nitrogens with zero attached hydrogens (tertiary/aromatic N) is 1. The molecule has 0 saturated heterocycles. The Balaban J connectivity index is 1.45. The molecule has 7 heteroatoms. The second kappa shape index (κ2) is 10.9. The van der Waals surface area contributed by atoms with Gasteiger partial charge in [0.25, 0.3) is 5.91 Å². The summed E-state index contributed by atoms with van der Waals surface area (Å²) < 4.78 is 10.4. The van der Waals surface area contributed by atoms with Gasteiger partial charge in [-0.2, -0.15) is 5.10 Å². The van der Waals surface area contributed by atoms with Gasteiger partial charge in [-0.25, -0.2) is 10.2 Å². The normalized spacial score (nSPS) is 11.6. The molecule has 7 nitrogen and oxygen atoms in total. The number of carbonyl (C=O) groups is 2. The summed E-state index contributed by atoms with van der Waals surface area (Å²) in [5.41, 5.74) is 1.89. The van der Waals surface area contributed by atoms with E-state index in [2.05, 4.69) is 10.5 Å². The molecule has 2 N–H and O–H groups in total. The molecule has 3 aromatic carbocycles. The second-order valence-electron chi connectivity index (χ2n) is 7.48. The van der Waals surface area contributed by atoms with E-state index in [4.69, 9.17) is 9.15 Å². The number of amides is 1. The maximum Gasteiger partial charge on any atom is 0.336 e. The number of hydrogen-bond acceptors (Lipinski definition) is 6. The molecule has 0 unspecified atom stereocenters. The number of nitrogens with one attached hydrogen (secondary N) is 1. The molecule has 0 atom stereocenters. The van der Waals surface area contributed by atoms with Gasteiger partial charge >= 0.3 is 5.97 Å². The van der Waals surface area contributed by atoms with Crippen LogP contribution in [0, 0.1) is 0 Å². The summed E-state index contributed by atoms with van der Waals surface area (Å²) in [4.78, 5) is 25.1. The maximum atomic E-state index is 13.1. The van der Waals surface area contributed by atoms with Crippen molar-refractivity contribution in [3.63, 3.8) is 0 Å². The number of rotatable bonds is 8. The average molecular weight is 466 g/mol. The SMILES string of the molecule is O=C(C=Cc1ccco1)Oc1cccc(C=NNC(=O)C(O)(c2ccccc2)c2ccccc2)c1. The predicted molar refractivity (Wildman–Crippen MR) is 131 cm³/mol. The van der Waals surface area contributed by atoms with Crippen molar-refractivity contribution >= 4 is 24.2 Å². The van der Waals surface area contributed by atoms with Gasteiger partial charge in [0.2, 0.25) is 0 Å². The Labute approximate surface area is 202 Å². The van der Waals surface area contributed by atoms with Gasteiger partial charge in [-0.05, 0) is 47.0 Å². The molecule has 4 aromatic rings. The highest BCUT2D eigenvalue weighted by Gasteiger charge is 2.39. The summed E-state index contributed by atoms with van der Waals surface area (Å²) in [7, 11) is 0. The molecule has 4 rings (SSSR count). The first kappa shape index (κ1) is 23.4. The fourth-order valence-electron chi connectivity index (χ4n) is 3.38. The topological polar surface area (TPSA) is 101 Å². The van der Waals surface area contributed by atoms with Gasteiger partial charge in [0.15, 0.2) is 5.60 Å². The van der Waals surface area contributed by atoms with Gasteiger partial charge in [0, 0.05) is 6.08 Å². The molecule has 0 fully saturated rings. The minimum Gasteiger partial charge on any atom is -0.465 e. The fourth-order valence-corrected chi connectivity index (χ4v) is 3.38. The van der Waals surface area contributed by atoms with Crippen LogP contribution in [0.25, 0.3) is 6.08 Å². The molecule has 0 aliphatic rings. The lowest BCUT2D eigenvalue weighted by Crippen LogP contribution is -2.43. The van der Waals surface area contributed by atoms with Crippen molar-refractivity contribution in [1.82, 2.24) is 5.43 Å². The molecule has 1 amide bonds. The van der Waals surface area contributed by atoms with Crippen molar-refractivity contribution in [3.05, 3.63) is 132 Å². The third-order valence-electron chi connectivity index (χ3n) is 5.09. The summed E-state index contributed by atoms with van der Waals surface area (Å²) in [6.07, 6.45) is 5.66. The Morgan fingerprint density at radius 1 is 0.886 bits per heavy atom. The van der Waals surface area contributed by atoms with Crippen molar-refractivity contribution in [3.8, 4) is 5.75 Å². The second-order valence-corrected chi connectivity index (χ2v) is 7.48. The van der Waals surface area contributed by atoms with E-state index < -0.39 is 17.5 Å². The van der Waals surface area contributed by atoms with Crippen molar-refractivity contribution < 1.29 is 23.8 Å². The molecule has 0 saturated carbocycles. The summed E-state index contributed by atoms with van der Waals surface area (Å²) in [5, 5.41) is 15.4. The zero-order valence-corrected chi connectivity index (χ0v) is 18.6. The summed E-state index contributed by atoms with van der Waals surface area (Å²) in [6.45, 7) is 0. The van der Waals surface area contributed by atoms with Crippen LogP contribution in [0.5, 0.6) is 5.75 Å². The lowest BCUT2D eigenvalue weighted by Gasteiger charge is -2.27. The van der Waals surface area contributed by atoms with E-state index in [-0.39, 0.29) is 0 Å². The minimum absolute atomic E-state index is 0.305. The van der Waals surface area contributed by atoms with Crippen LogP contribution in [0.4, 0.5) is 0 Å². The first-order valence-corrected chi connectivity index (χ1v) is 10.8. The molecule has 0 aliphatic heterocycles. The van der Waals surface area contributed by atoms with E-state index in [0.29, 0.717) is 28.2 Å². The predicted octanol–water partition coefficient (Wildman–Crippen LogP) is 4.28. The Bertz CT molecular complexity index is 1290. The Morgan fingerprint density at radius 3 is 2.20 bits per heavy atom. The lowest BCUT2D eigenvalue weighted by atomic mass is 9.85. The number of ether oxygens (including phenoxy) is 1. The van der Waals surface area contributed by atoms with E-state index >= 15 is 0 Å². The molecule has 0 spiro atoms. The monoisotopic (exact) mass is 466 g/mol. The van der Waals surface area contributed by atoms with Gasteiger partial charge in [0.05, 0.1) is 12.5 Å². The van der Waals surface area contributed by atoms with Gasteiger partial charge in [-0.3, -0.25) is 4.79 Å². The van der Waals surface area contributed by atoms with Crippen molar-refractivity contribution in [2.24, 2.45) is 5.10 Å². The van der Waals surface area contributed by atoms with E-state index in [1.807, 2.05) is 0 Å². The molecule has 0 bridgehead atoms. The molecule has 1 heterocycles. The molecule has 174 valence electrons. The molecular weight excluding hydrogens is 444 g/mol. The Hall–Kier alpha value is -4.75. The summed E-state index contributed by atoms with van der Waals surface area (Å²) in [6, 6.07) is 27.4. The van der Waals surface area contributed by atoms with Crippen LogP contribution in [-0.2, 0) is 15.2 Å².